The van der Waals surface area contributed by atoms with E-state index >= 15 is 0 Å². The second kappa shape index (κ2) is 3.80. The van der Waals surface area contributed by atoms with Gasteiger partial charge in [-0.1, -0.05) is 13.8 Å². The second-order valence-corrected chi connectivity index (χ2v) is 4.73. The lowest BCUT2D eigenvalue weighted by atomic mass is 9.92. The topological polar surface area (TPSA) is 24.9 Å². The predicted molar refractivity (Wildman–Crippen MR) is 59.2 cm³/mol. The zero-order valence-electron chi connectivity index (χ0n) is 9.26. The molecule has 1 aromatic rings. The van der Waals surface area contributed by atoms with E-state index in [-0.39, 0.29) is 5.82 Å². The van der Waals surface area contributed by atoms with Crippen LogP contribution in [0.1, 0.15) is 26.7 Å². The molecule has 1 fully saturated rings. The lowest BCUT2D eigenvalue weighted by Gasteiger charge is -2.20. The Morgan fingerprint density at radius 3 is 2.67 bits per heavy atom. The molecule has 0 amide bonds. The summed E-state index contributed by atoms with van der Waals surface area (Å²) in [5.74, 6) is 1.18. The number of pyridine rings is 1. The number of halogens is 1. The molecule has 2 nitrogen and oxygen atoms in total. The largest absolute Gasteiger partial charge is 0.370 e. The van der Waals surface area contributed by atoms with E-state index in [4.69, 9.17) is 0 Å². The van der Waals surface area contributed by atoms with Crippen molar-refractivity contribution in [2.24, 2.45) is 11.3 Å². The van der Waals surface area contributed by atoms with Crippen LogP contribution in [0.4, 0.5) is 10.2 Å². The number of hydrogen-bond donors (Lipinski definition) is 1. The summed E-state index contributed by atoms with van der Waals surface area (Å²) in [6, 6.07) is 3.12. The van der Waals surface area contributed by atoms with Gasteiger partial charge in [-0.2, -0.15) is 0 Å². The molecule has 1 aliphatic carbocycles. The van der Waals surface area contributed by atoms with Crippen LogP contribution in [0.15, 0.2) is 18.3 Å². The Labute approximate surface area is 89.9 Å². The molecule has 1 aliphatic rings. The normalized spacial score (nSPS) is 17.9. The van der Waals surface area contributed by atoms with Crippen molar-refractivity contribution in [1.29, 1.82) is 0 Å². The number of aromatic nitrogens is 1. The molecule has 1 saturated carbocycles. The van der Waals surface area contributed by atoms with Crippen molar-refractivity contribution in [3.8, 4) is 0 Å². The van der Waals surface area contributed by atoms with E-state index in [1.54, 1.807) is 6.07 Å². The molecular formula is C12H17FN2. The molecule has 2 rings (SSSR count). The molecule has 0 saturated heterocycles. The number of hydrogen-bond acceptors (Lipinski definition) is 2. The van der Waals surface area contributed by atoms with Crippen molar-refractivity contribution in [2.75, 3.05) is 11.9 Å². The van der Waals surface area contributed by atoms with Gasteiger partial charge < -0.3 is 5.32 Å². The molecule has 0 atom stereocenters. The van der Waals surface area contributed by atoms with Crippen LogP contribution in [-0.2, 0) is 0 Å². The highest BCUT2D eigenvalue weighted by Gasteiger charge is 2.44. The van der Waals surface area contributed by atoms with E-state index in [0.29, 0.717) is 11.3 Å². The number of nitrogens with one attached hydrogen (secondary N) is 1. The molecule has 0 bridgehead atoms. The highest BCUT2D eigenvalue weighted by molar-refractivity contribution is 5.34. The Bertz CT molecular complexity index is 328. The van der Waals surface area contributed by atoms with Crippen LogP contribution in [0.5, 0.6) is 0 Å². The van der Waals surface area contributed by atoms with Crippen LogP contribution in [0.25, 0.3) is 0 Å². The summed E-state index contributed by atoms with van der Waals surface area (Å²) in [7, 11) is 0. The summed E-state index contributed by atoms with van der Waals surface area (Å²) < 4.78 is 12.6. The van der Waals surface area contributed by atoms with E-state index in [0.717, 1.165) is 12.4 Å². The van der Waals surface area contributed by atoms with Crippen molar-refractivity contribution in [3.63, 3.8) is 0 Å². The Balaban J connectivity index is 1.91. The number of anilines is 1. The molecule has 1 N–H and O–H groups in total. The SMILES string of the molecule is CC(C)C1(CNc2ccc(F)cn2)CC1. The van der Waals surface area contributed by atoms with Gasteiger partial charge in [0.25, 0.3) is 0 Å². The van der Waals surface area contributed by atoms with Gasteiger partial charge in [0.1, 0.15) is 11.6 Å². The lowest BCUT2D eigenvalue weighted by Crippen LogP contribution is -2.21. The average molecular weight is 208 g/mol. The Morgan fingerprint density at radius 2 is 2.20 bits per heavy atom. The molecule has 0 aliphatic heterocycles. The van der Waals surface area contributed by atoms with Gasteiger partial charge in [-0.15, -0.1) is 0 Å². The maximum absolute atomic E-state index is 12.6. The minimum atomic E-state index is -0.287. The van der Waals surface area contributed by atoms with Crippen LogP contribution < -0.4 is 5.32 Å². The van der Waals surface area contributed by atoms with Crippen molar-refractivity contribution in [1.82, 2.24) is 4.98 Å². The standard InChI is InChI=1S/C12H17FN2/c1-9(2)12(5-6-12)8-15-11-4-3-10(13)7-14-11/h3-4,7,9H,5-6,8H2,1-2H3,(H,14,15). The minimum absolute atomic E-state index is 0.287. The summed E-state index contributed by atoms with van der Waals surface area (Å²) in [6.07, 6.45) is 3.83. The Kier molecular flexibility index (Phi) is 2.63. The quantitative estimate of drug-likeness (QED) is 0.822. The predicted octanol–water partition coefficient (Wildman–Crippen LogP) is 3.07. The van der Waals surface area contributed by atoms with E-state index < -0.39 is 0 Å². The molecule has 3 heteroatoms. The zero-order chi connectivity index (χ0) is 10.9. The van der Waals surface area contributed by atoms with Gasteiger partial charge in [-0.05, 0) is 36.3 Å². The summed E-state index contributed by atoms with van der Waals surface area (Å²) >= 11 is 0. The van der Waals surface area contributed by atoms with E-state index in [2.05, 4.69) is 24.1 Å². The molecule has 1 aromatic heterocycles. The molecule has 0 spiro atoms. The highest BCUT2D eigenvalue weighted by Crippen LogP contribution is 2.51. The first-order chi connectivity index (χ1) is 7.12. The Morgan fingerprint density at radius 1 is 1.47 bits per heavy atom. The maximum Gasteiger partial charge on any atom is 0.141 e. The first kappa shape index (κ1) is 10.4. The molecule has 0 unspecified atom stereocenters. The first-order valence-corrected chi connectivity index (χ1v) is 5.48. The fourth-order valence-corrected chi connectivity index (χ4v) is 1.87. The zero-order valence-corrected chi connectivity index (χ0v) is 9.26. The third-order valence-electron chi connectivity index (χ3n) is 3.47. The van der Waals surface area contributed by atoms with Crippen molar-refractivity contribution >= 4 is 5.82 Å². The van der Waals surface area contributed by atoms with Gasteiger partial charge in [0.2, 0.25) is 0 Å². The number of nitrogens with zero attached hydrogens (tertiary/aromatic N) is 1. The monoisotopic (exact) mass is 208 g/mol. The molecule has 1 heterocycles. The minimum Gasteiger partial charge on any atom is -0.370 e. The third kappa shape index (κ3) is 2.28. The van der Waals surface area contributed by atoms with Crippen LogP contribution in [-0.4, -0.2) is 11.5 Å². The second-order valence-electron chi connectivity index (χ2n) is 4.73. The molecule has 82 valence electrons. The fourth-order valence-electron chi connectivity index (χ4n) is 1.87. The van der Waals surface area contributed by atoms with Crippen LogP contribution >= 0.6 is 0 Å². The molecular weight excluding hydrogens is 191 g/mol. The lowest BCUT2D eigenvalue weighted by molar-refractivity contribution is 0.380. The van der Waals surface area contributed by atoms with Gasteiger partial charge in [0, 0.05) is 6.54 Å². The van der Waals surface area contributed by atoms with Crippen molar-refractivity contribution in [2.45, 2.75) is 26.7 Å². The summed E-state index contributed by atoms with van der Waals surface area (Å²) in [4.78, 5) is 3.98. The van der Waals surface area contributed by atoms with E-state index in [9.17, 15) is 4.39 Å². The van der Waals surface area contributed by atoms with Gasteiger partial charge in [-0.25, -0.2) is 9.37 Å². The van der Waals surface area contributed by atoms with Crippen LogP contribution in [0, 0.1) is 17.2 Å². The van der Waals surface area contributed by atoms with Gasteiger partial charge in [-0.3, -0.25) is 0 Å². The molecule has 15 heavy (non-hydrogen) atoms. The first-order valence-electron chi connectivity index (χ1n) is 5.48. The molecule has 0 aromatic carbocycles. The summed E-state index contributed by atoms with van der Waals surface area (Å²) in [6.45, 7) is 5.46. The highest BCUT2D eigenvalue weighted by atomic mass is 19.1. The van der Waals surface area contributed by atoms with Gasteiger partial charge in [0.15, 0.2) is 0 Å². The van der Waals surface area contributed by atoms with Gasteiger partial charge in [0.05, 0.1) is 6.20 Å². The maximum atomic E-state index is 12.6. The van der Waals surface area contributed by atoms with E-state index in [1.165, 1.54) is 25.1 Å². The van der Waals surface area contributed by atoms with Crippen LogP contribution in [0.3, 0.4) is 0 Å². The third-order valence-corrected chi connectivity index (χ3v) is 3.47. The average Bonchev–Trinajstić information content (AvgIpc) is 2.98. The van der Waals surface area contributed by atoms with Crippen molar-refractivity contribution in [3.05, 3.63) is 24.1 Å². The number of rotatable bonds is 4. The smallest absolute Gasteiger partial charge is 0.141 e. The summed E-state index contributed by atoms with van der Waals surface area (Å²) in [5.41, 5.74) is 0.454. The van der Waals surface area contributed by atoms with Crippen molar-refractivity contribution < 1.29 is 4.39 Å². The van der Waals surface area contributed by atoms with Crippen LogP contribution in [0.2, 0.25) is 0 Å². The summed E-state index contributed by atoms with van der Waals surface area (Å²) in [5, 5.41) is 3.28. The molecule has 0 radical (unpaired) electrons. The van der Waals surface area contributed by atoms with E-state index in [1.807, 2.05) is 0 Å². The van der Waals surface area contributed by atoms with Gasteiger partial charge >= 0.3 is 0 Å². The Hall–Kier alpha value is -1.12. The fraction of sp³-hybridized carbons (Fsp3) is 0.583.